The van der Waals surface area contributed by atoms with E-state index in [4.69, 9.17) is 0 Å². The van der Waals surface area contributed by atoms with E-state index < -0.39 is 5.97 Å². The smallest absolute Gasteiger partial charge is 0.307 e. The van der Waals surface area contributed by atoms with Gasteiger partial charge in [0.1, 0.15) is 0 Å². The molecule has 1 N–H and O–H groups in total. The quantitative estimate of drug-likeness (QED) is 0.872. The fourth-order valence-corrected chi connectivity index (χ4v) is 4.39. The highest BCUT2D eigenvalue weighted by Crippen LogP contribution is 2.25. The Bertz CT molecular complexity index is 671. The second-order valence-electron chi connectivity index (χ2n) is 6.78. The molecule has 3 rings (SSSR count). The van der Waals surface area contributed by atoms with E-state index in [0.29, 0.717) is 12.5 Å². The summed E-state index contributed by atoms with van der Waals surface area (Å²) in [6.07, 6.45) is 4.72. The summed E-state index contributed by atoms with van der Waals surface area (Å²) in [6, 6.07) is 10.5. The summed E-state index contributed by atoms with van der Waals surface area (Å²) in [6.45, 7) is 4.58. The maximum Gasteiger partial charge on any atom is 0.307 e. The Morgan fingerprint density at radius 1 is 1.29 bits per heavy atom. The summed E-state index contributed by atoms with van der Waals surface area (Å²) in [5.74, 6) is -0.469. The van der Waals surface area contributed by atoms with Crippen LogP contribution in [0.5, 0.6) is 0 Å². The highest BCUT2D eigenvalue weighted by atomic mass is 32.1. The minimum atomic E-state index is -0.667. The van der Waals surface area contributed by atoms with Gasteiger partial charge in [0, 0.05) is 37.1 Å². The SMILES string of the molecule is CC1CC(C(=O)O)CN(Cc2cnc(CCc3ccccc3)s2)C1. The van der Waals surface area contributed by atoms with Gasteiger partial charge in [-0.3, -0.25) is 9.69 Å². The van der Waals surface area contributed by atoms with Crippen molar-refractivity contribution in [1.82, 2.24) is 9.88 Å². The Labute approximate surface area is 147 Å². The van der Waals surface area contributed by atoms with Crippen LogP contribution >= 0.6 is 11.3 Å². The third-order valence-electron chi connectivity index (χ3n) is 4.54. The van der Waals surface area contributed by atoms with Crippen molar-refractivity contribution in [3.63, 3.8) is 0 Å². The molecule has 1 aromatic heterocycles. The van der Waals surface area contributed by atoms with E-state index in [9.17, 15) is 9.90 Å². The van der Waals surface area contributed by atoms with Crippen LogP contribution in [0, 0.1) is 11.8 Å². The molecule has 128 valence electrons. The molecule has 0 bridgehead atoms. The van der Waals surface area contributed by atoms with Crippen molar-refractivity contribution in [2.75, 3.05) is 13.1 Å². The van der Waals surface area contributed by atoms with Gasteiger partial charge in [-0.25, -0.2) is 4.98 Å². The largest absolute Gasteiger partial charge is 0.481 e. The minimum Gasteiger partial charge on any atom is -0.481 e. The molecule has 0 spiro atoms. The monoisotopic (exact) mass is 344 g/mol. The summed E-state index contributed by atoms with van der Waals surface area (Å²) in [4.78, 5) is 19.3. The van der Waals surface area contributed by atoms with E-state index in [1.807, 2.05) is 12.3 Å². The van der Waals surface area contributed by atoms with Gasteiger partial charge < -0.3 is 5.11 Å². The number of carboxylic acid groups (broad SMARTS) is 1. The number of benzene rings is 1. The van der Waals surface area contributed by atoms with Crippen LogP contribution in [0.25, 0.3) is 0 Å². The zero-order chi connectivity index (χ0) is 16.9. The van der Waals surface area contributed by atoms with Gasteiger partial charge in [0.25, 0.3) is 0 Å². The van der Waals surface area contributed by atoms with Gasteiger partial charge in [-0.15, -0.1) is 11.3 Å². The predicted octanol–water partition coefficient (Wildman–Crippen LogP) is 3.47. The number of hydrogen-bond donors (Lipinski definition) is 1. The normalized spacial score (nSPS) is 21.7. The van der Waals surface area contributed by atoms with Gasteiger partial charge in [0.15, 0.2) is 0 Å². The van der Waals surface area contributed by atoms with Crippen molar-refractivity contribution in [2.24, 2.45) is 11.8 Å². The minimum absolute atomic E-state index is 0.237. The molecule has 1 aliphatic heterocycles. The first-order valence-electron chi connectivity index (χ1n) is 8.53. The number of nitrogens with zero attached hydrogens (tertiary/aromatic N) is 2. The lowest BCUT2D eigenvalue weighted by atomic mass is 9.90. The van der Waals surface area contributed by atoms with Crippen molar-refractivity contribution in [2.45, 2.75) is 32.7 Å². The molecule has 2 aromatic rings. The average Bonchev–Trinajstić information content (AvgIpc) is 3.01. The molecular weight excluding hydrogens is 320 g/mol. The lowest BCUT2D eigenvalue weighted by molar-refractivity contribution is -0.144. The molecule has 1 aliphatic rings. The molecule has 24 heavy (non-hydrogen) atoms. The molecule has 0 saturated carbocycles. The molecule has 4 nitrogen and oxygen atoms in total. The van der Waals surface area contributed by atoms with Crippen LogP contribution in [-0.2, 0) is 24.2 Å². The van der Waals surface area contributed by atoms with Crippen molar-refractivity contribution < 1.29 is 9.90 Å². The summed E-state index contributed by atoms with van der Waals surface area (Å²) in [7, 11) is 0. The van der Waals surface area contributed by atoms with E-state index in [-0.39, 0.29) is 5.92 Å². The standard InChI is InChI=1S/C19H24N2O2S/c1-14-9-16(19(22)23)12-21(11-14)13-17-10-20-18(24-17)8-7-15-5-3-2-4-6-15/h2-6,10,14,16H,7-9,11-13H2,1H3,(H,22,23). The van der Waals surface area contributed by atoms with Gasteiger partial charge in [-0.1, -0.05) is 37.3 Å². The van der Waals surface area contributed by atoms with E-state index in [1.165, 1.54) is 10.4 Å². The molecule has 2 heterocycles. The van der Waals surface area contributed by atoms with Crippen molar-refractivity contribution in [3.05, 3.63) is 52.0 Å². The third-order valence-corrected chi connectivity index (χ3v) is 5.58. The number of carboxylic acids is 1. The Hall–Kier alpha value is -1.72. The maximum atomic E-state index is 11.3. The Morgan fingerprint density at radius 2 is 2.08 bits per heavy atom. The Balaban J connectivity index is 1.54. The summed E-state index contributed by atoms with van der Waals surface area (Å²) in [5.41, 5.74) is 1.34. The molecule has 0 aliphatic carbocycles. The fraction of sp³-hybridized carbons (Fsp3) is 0.474. The van der Waals surface area contributed by atoms with Crippen LogP contribution in [0.2, 0.25) is 0 Å². The fourth-order valence-electron chi connectivity index (χ4n) is 3.42. The van der Waals surface area contributed by atoms with E-state index >= 15 is 0 Å². The topological polar surface area (TPSA) is 53.4 Å². The lowest BCUT2D eigenvalue weighted by Gasteiger charge is -2.34. The first kappa shape index (κ1) is 17.1. The number of carbonyl (C=O) groups is 1. The number of rotatable bonds is 6. The number of aryl methyl sites for hydroxylation is 2. The third kappa shape index (κ3) is 4.65. The molecule has 5 heteroatoms. The van der Waals surface area contributed by atoms with Gasteiger partial charge >= 0.3 is 5.97 Å². The number of aromatic nitrogens is 1. The van der Waals surface area contributed by atoms with E-state index in [2.05, 4.69) is 41.1 Å². The van der Waals surface area contributed by atoms with Gasteiger partial charge in [0.05, 0.1) is 10.9 Å². The summed E-state index contributed by atoms with van der Waals surface area (Å²) in [5, 5.41) is 10.4. The van der Waals surface area contributed by atoms with Crippen LogP contribution in [0.3, 0.4) is 0 Å². The predicted molar refractivity (Wildman–Crippen MR) is 96.1 cm³/mol. The van der Waals surface area contributed by atoms with Gasteiger partial charge in [0.2, 0.25) is 0 Å². The summed E-state index contributed by atoms with van der Waals surface area (Å²) < 4.78 is 0. The zero-order valence-electron chi connectivity index (χ0n) is 14.0. The number of likely N-dealkylation sites (tertiary alicyclic amines) is 1. The molecule has 2 atom stereocenters. The molecule has 1 fully saturated rings. The van der Waals surface area contributed by atoms with Crippen LogP contribution in [0.15, 0.2) is 36.5 Å². The highest BCUT2D eigenvalue weighted by molar-refractivity contribution is 7.11. The zero-order valence-corrected chi connectivity index (χ0v) is 14.8. The second kappa shape index (κ2) is 7.90. The molecule has 1 saturated heterocycles. The van der Waals surface area contributed by atoms with Crippen LogP contribution in [0.1, 0.15) is 28.8 Å². The number of hydrogen-bond acceptors (Lipinski definition) is 4. The van der Waals surface area contributed by atoms with Gasteiger partial charge in [-0.2, -0.15) is 0 Å². The first-order valence-corrected chi connectivity index (χ1v) is 9.34. The molecular formula is C19H24N2O2S. The first-order chi connectivity index (χ1) is 11.6. The van der Waals surface area contributed by atoms with E-state index in [1.54, 1.807) is 11.3 Å². The van der Waals surface area contributed by atoms with Crippen LogP contribution in [0.4, 0.5) is 0 Å². The molecule has 1 aromatic carbocycles. The number of thiazole rings is 1. The second-order valence-corrected chi connectivity index (χ2v) is 7.98. The van der Waals surface area contributed by atoms with E-state index in [0.717, 1.165) is 37.4 Å². The number of aliphatic carboxylic acids is 1. The molecule has 0 radical (unpaired) electrons. The number of piperidine rings is 1. The van der Waals surface area contributed by atoms with Crippen molar-refractivity contribution in [1.29, 1.82) is 0 Å². The molecule has 2 unspecified atom stereocenters. The van der Waals surface area contributed by atoms with Crippen molar-refractivity contribution >= 4 is 17.3 Å². The lowest BCUT2D eigenvalue weighted by Crippen LogP contribution is -2.41. The molecule has 0 amide bonds. The Morgan fingerprint density at radius 3 is 2.83 bits per heavy atom. The average molecular weight is 344 g/mol. The van der Waals surface area contributed by atoms with Gasteiger partial charge in [-0.05, 0) is 24.3 Å². The Kier molecular flexibility index (Phi) is 5.63. The van der Waals surface area contributed by atoms with Crippen LogP contribution < -0.4 is 0 Å². The maximum absolute atomic E-state index is 11.3. The highest BCUT2D eigenvalue weighted by Gasteiger charge is 2.29. The summed E-state index contributed by atoms with van der Waals surface area (Å²) >= 11 is 1.76. The van der Waals surface area contributed by atoms with Crippen LogP contribution in [-0.4, -0.2) is 34.0 Å². The van der Waals surface area contributed by atoms with Crippen molar-refractivity contribution in [3.8, 4) is 0 Å².